The summed E-state index contributed by atoms with van der Waals surface area (Å²) < 4.78 is 36.8. The summed E-state index contributed by atoms with van der Waals surface area (Å²) >= 11 is 0. The Morgan fingerprint density at radius 1 is 0.979 bits per heavy atom. The third kappa shape index (κ3) is 11.9. The zero-order valence-corrected chi connectivity index (χ0v) is 34.9. The Hall–Kier alpha value is -1.23. The highest BCUT2D eigenvalue weighted by atomic mass is 28.4. The van der Waals surface area contributed by atoms with Crippen molar-refractivity contribution >= 4 is 16.4 Å². The molecule has 0 spiro atoms. The first-order valence-corrected chi connectivity index (χ1v) is 24.1. The van der Waals surface area contributed by atoms with Crippen molar-refractivity contribution in [2.45, 2.75) is 149 Å². The topological polar surface area (TPSA) is 75.6 Å². The molecule has 2 rings (SSSR count). The van der Waals surface area contributed by atoms with E-state index in [9.17, 15) is 5.11 Å². The zero-order chi connectivity index (χ0) is 36.3. The minimum atomic E-state index is -2.19. The van der Waals surface area contributed by atoms with Gasteiger partial charge < -0.3 is 33.2 Å². The fraction of sp³-hybridized carbons (Fsp3) is 0.795. The lowest BCUT2D eigenvalue weighted by Gasteiger charge is -2.45. The van der Waals surface area contributed by atoms with Crippen molar-refractivity contribution in [2.75, 3.05) is 27.6 Å². The molecule has 1 N–H and O–H groups in total. The maximum atomic E-state index is 11.5. The normalized spacial score (nSPS) is 22.9. The predicted molar refractivity (Wildman–Crippen MR) is 202 cm³/mol. The van der Waals surface area contributed by atoms with E-state index in [2.05, 4.69) is 94.2 Å². The molecule has 0 aromatic heterocycles. The Bertz CT molecular complexity index is 1110. The summed E-state index contributed by atoms with van der Waals surface area (Å²) in [7, 11) is -0.222. The van der Waals surface area contributed by atoms with E-state index >= 15 is 0 Å². The Morgan fingerprint density at radius 3 is 2.10 bits per heavy atom. The quantitative estimate of drug-likeness (QED) is 0.0927. The lowest BCUT2D eigenvalue weighted by molar-refractivity contribution is -0.255. The molecular weight excluding hydrogens is 637 g/mol. The number of hydrogen-bond acceptors (Lipinski definition) is 7. The third-order valence-electron chi connectivity index (χ3n) is 11.5. The van der Waals surface area contributed by atoms with E-state index in [0.717, 1.165) is 11.3 Å². The zero-order valence-electron chi connectivity index (χ0n) is 32.9. The number of ether oxygens (including phenoxy) is 5. The number of aliphatic hydroxyl groups is 1. The van der Waals surface area contributed by atoms with Gasteiger partial charge >= 0.3 is 0 Å². The molecule has 0 aliphatic carbocycles. The Labute approximate surface area is 296 Å². The molecule has 1 aromatic carbocycles. The first kappa shape index (κ1) is 42.9. The molecule has 276 valence electrons. The molecule has 9 atom stereocenters. The van der Waals surface area contributed by atoms with E-state index in [1.54, 1.807) is 14.2 Å². The van der Waals surface area contributed by atoms with Crippen LogP contribution in [0.3, 0.4) is 0 Å². The Kier molecular flexibility index (Phi) is 17.4. The van der Waals surface area contributed by atoms with Crippen LogP contribution in [0.15, 0.2) is 24.3 Å². The summed E-state index contributed by atoms with van der Waals surface area (Å²) in [5.74, 6) is 7.89. The van der Waals surface area contributed by atoms with Gasteiger partial charge in [0.25, 0.3) is 0 Å². The average Bonchev–Trinajstić information content (AvgIpc) is 3.05. The van der Waals surface area contributed by atoms with Crippen molar-refractivity contribution in [2.24, 2.45) is 23.7 Å². The van der Waals surface area contributed by atoms with Gasteiger partial charge in [0, 0.05) is 36.8 Å². The summed E-state index contributed by atoms with van der Waals surface area (Å²) in [4.78, 5) is 0. The number of aliphatic hydroxyl groups excluding tert-OH is 1. The molecule has 1 heterocycles. The predicted octanol–water partition coefficient (Wildman–Crippen LogP) is 9.30. The molecule has 0 radical (unpaired) electrons. The fourth-order valence-electron chi connectivity index (χ4n) is 6.88. The van der Waals surface area contributed by atoms with E-state index in [1.165, 1.54) is 24.2 Å². The van der Waals surface area contributed by atoms with Crippen LogP contribution in [0.2, 0.25) is 42.3 Å². The van der Waals surface area contributed by atoms with Crippen LogP contribution < -0.4 is 4.74 Å². The summed E-state index contributed by atoms with van der Waals surface area (Å²) in [5.41, 5.74) is 0.956. The van der Waals surface area contributed by atoms with E-state index < -0.39 is 28.8 Å². The van der Waals surface area contributed by atoms with Crippen molar-refractivity contribution in [3.8, 4) is 17.6 Å². The minimum Gasteiger partial charge on any atom is -0.497 e. The number of rotatable bonds is 18. The largest absolute Gasteiger partial charge is 0.497 e. The standard InChI is InChI=1S/C39H70O7Si2/c1-15-48(16-2,17-3)26-30(6)36(44-27-41-11)28(4)18-21-33(40)24-35(46-47(13,14)39(8,9)10)31(7)37-29(5)25-43-38(45-37)32-19-22-34(42-12)23-20-32/h19-20,22-23,28-31,33,35-38,40H,15-17,24-27H2,1-14H3/t28-,29-,30-,31-,33+,35-,36-,37+,38+/m0/s1. The van der Waals surface area contributed by atoms with Crippen LogP contribution in [-0.2, 0) is 23.4 Å². The lowest BCUT2D eigenvalue weighted by atomic mass is 9.86. The molecule has 48 heavy (non-hydrogen) atoms. The van der Waals surface area contributed by atoms with Crippen molar-refractivity contribution in [1.29, 1.82) is 0 Å². The van der Waals surface area contributed by atoms with Gasteiger partial charge in [-0.2, -0.15) is 0 Å². The third-order valence-corrected chi connectivity index (χ3v) is 22.0. The molecule has 0 bridgehead atoms. The SMILES string of the molecule is CC[Si](CC)(CC)C[C@H](C)[C@@H](OCOC)[C@@H](C)C#C[C@@H](O)C[C@H](O[Si](C)(C)C(C)(C)C)[C@H](C)[C@@H]1O[C@H](c2ccc(OC)cc2)OC[C@@H]1C. The smallest absolute Gasteiger partial charge is 0.192 e. The van der Waals surface area contributed by atoms with Gasteiger partial charge in [-0.25, -0.2) is 0 Å². The second kappa shape index (κ2) is 19.4. The molecule has 1 aliphatic rings. The Balaban J connectivity index is 2.32. The minimum absolute atomic E-state index is 0.000618. The van der Waals surface area contributed by atoms with Crippen molar-refractivity contribution < 1.29 is 33.2 Å². The van der Waals surface area contributed by atoms with Crippen molar-refractivity contribution in [1.82, 2.24) is 0 Å². The second-order valence-electron chi connectivity index (χ2n) is 15.9. The number of hydrogen-bond donors (Lipinski definition) is 1. The second-order valence-corrected chi connectivity index (χ2v) is 26.2. The van der Waals surface area contributed by atoms with Crippen LogP contribution >= 0.6 is 0 Å². The Morgan fingerprint density at radius 2 is 1.58 bits per heavy atom. The summed E-state index contributed by atoms with van der Waals surface area (Å²) in [5, 5.41) is 11.5. The molecule has 7 nitrogen and oxygen atoms in total. The molecular formula is C39H70O7Si2. The van der Waals surface area contributed by atoms with Gasteiger partial charge in [0.1, 0.15) is 18.6 Å². The lowest BCUT2D eigenvalue weighted by Crippen LogP contribution is -2.50. The van der Waals surface area contributed by atoms with Gasteiger partial charge in [-0.15, -0.1) is 0 Å². The summed E-state index contributed by atoms with van der Waals surface area (Å²) in [6.07, 6.45) is -1.33. The summed E-state index contributed by atoms with van der Waals surface area (Å²) in [6, 6.07) is 12.9. The van der Waals surface area contributed by atoms with E-state index in [4.69, 9.17) is 28.1 Å². The fourth-order valence-corrected chi connectivity index (χ4v) is 12.3. The van der Waals surface area contributed by atoms with Crippen LogP contribution in [0.5, 0.6) is 5.75 Å². The monoisotopic (exact) mass is 706 g/mol. The number of methoxy groups -OCH3 is 2. The van der Waals surface area contributed by atoms with E-state index in [-0.39, 0.29) is 47.9 Å². The van der Waals surface area contributed by atoms with Crippen LogP contribution in [0, 0.1) is 35.5 Å². The van der Waals surface area contributed by atoms with Gasteiger partial charge in [0.2, 0.25) is 0 Å². The molecule has 1 fully saturated rings. The van der Waals surface area contributed by atoms with Crippen molar-refractivity contribution in [3.05, 3.63) is 29.8 Å². The molecule has 0 saturated carbocycles. The average molecular weight is 707 g/mol. The van der Waals surface area contributed by atoms with Crippen LogP contribution in [0.4, 0.5) is 0 Å². The number of benzene rings is 1. The van der Waals surface area contributed by atoms with Gasteiger partial charge in [-0.3, -0.25) is 0 Å². The van der Waals surface area contributed by atoms with Gasteiger partial charge in [-0.1, -0.05) is 110 Å². The van der Waals surface area contributed by atoms with E-state index in [0.29, 0.717) is 18.9 Å². The first-order valence-electron chi connectivity index (χ1n) is 18.4. The highest BCUT2D eigenvalue weighted by Gasteiger charge is 2.44. The molecule has 1 saturated heterocycles. The van der Waals surface area contributed by atoms with Gasteiger partial charge in [0.15, 0.2) is 14.6 Å². The molecule has 0 unspecified atom stereocenters. The highest BCUT2D eigenvalue weighted by Crippen LogP contribution is 2.41. The van der Waals surface area contributed by atoms with Gasteiger partial charge in [-0.05, 0) is 43.1 Å². The highest BCUT2D eigenvalue weighted by molar-refractivity contribution is 6.79. The summed E-state index contributed by atoms with van der Waals surface area (Å²) in [6.45, 7) is 28.0. The maximum Gasteiger partial charge on any atom is 0.192 e. The van der Waals surface area contributed by atoms with Crippen molar-refractivity contribution in [3.63, 3.8) is 0 Å². The first-order chi connectivity index (χ1) is 22.5. The molecule has 1 aliphatic heterocycles. The maximum absolute atomic E-state index is 11.5. The molecule has 9 heteroatoms. The van der Waals surface area contributed by atoms with Crippen LogP contribution in [0.1, 0.15) is 87.5 Å². The van der Waals surface area contributed by atoms with Crippen LogP contribution in [0.25, 0.3) is 0 Å². The molecule has 0 amide bonds. The van der Waals surface area contributed by atoms with Crippen LogP contribution in [-0.4, -0.2) is 73.5 Å². The molecule has 1 aromatic rings. The van der Waals surface area contributed by atoms with E-state index in [1.807, 2.05) is 24.3 Å². The van der Waals surface area contributed by atoms with Gasteiger partial charge in [0.05, 0.1) is 40.1 Å².